The molecule has 0 spiro atoms. The Morgan fingerprint density at radius 2 is 1.88 bits per heavy atom. The first-order valence-corrected chi connectivity index (χ1v) is 13.2. The van der Waals surface area contributed by atoms with Crippen molar-refractivity contribution in [2.75, 3.05) is 49.6 Å². The summed E-state index contributed by atoms with van der Waals surface area (Å²) >= 11 is 1.08. The highest BCUT2D eigenvalue weighted by Gasteiger charge is 2.47. The molecule has 0 aliphatic carbocycles. The first-order chi connectivity index (χ1) is 16.3. The van der Waals surface area contributed by atoms with E-state index in [2.05, 4.69) is 10.2 Å². The average Bonchev–Trinajstić information content (AvgIpc) is 3.44. The molecule has 0 bridgehead atoms. The van der Waals surface area contributed by atoms with Gasteiger partial charge in [0.2, 0.25) is 11.8 Å². The molecular formula is C22H26N4O6S2. The van der Waals surface area contributed by atoms with Crippen molar-refractivity contribution in [3.05, 3.63) is 41.8 Å². The monoisotopic (exact) mass is 506 g/mol. The molecule has 1 N–H and O–H groups in total. The number of nitrogens with zero attached hydrogens (tertiary/aromatic N) is 3. The zero-order valence-electron chi connectivity index (χ0n) is 18.7. The number of carbonyl (C=O) groups excluding carboxylic acids is 3. The van der Waals surface area contributed by atoms with Gasteiger partial charge in [0.1, 0.15) is 10.3 Å². The predicted molar refractivity (Wildman–Crippen MR) is 127 cm³/mol. The summed E-state index contributed by atoms with van der Waals surface area (Å²) in [5.41, 5.74) is 0.854. The maximum Gasteiger partial charge on any atom is 0.253 e. The molecule has 1 unspecified atom stereocenters. The molecule has 2 aliphatic rings. The SMILES string of the molecule is CC(=O)Nc1ccc(N2C(=O)CC(N(CCN3CCOCC3)S(=O)(=O)c3cccs3)C2=O)cc1. The highest BCUT2D eigenvalue weighted by molar-refractivity contribution is 7.91. The molecule has 182 valence electrons. The van der Waals surface area contributed by atoms with Crippen LogP contribution in [0.3, 0.4) is 0 Å². The third kappa shape index (κ3) is 5.20. The van der Waals surface area contributed by atoms with Crippen molar-refractivity contribution in [1.29, 1.82) is 0 Å². The van der Waals surface area contributed by atoms with Crippen LogP contribution in [0.4, 0.5) is 11.4 Å². The van der Waals surface area contributed by atoms with Crippen LogP contribution >= 0.6 is 11.3 Å². The standard InChI is InChI=1S/C22H26N4O6S2/c1-16(27)23-17-4-6-18(7-5-17)26-20(28)15-19(22(26)29)25(9-8-24-10-12-32-13-11-24)34(30,31)21-3-2-14-33-21/h2-7,14,19H,8-13,15H2,1H3,(H,23,27). The van der Waals surface area contributed by atoms with E-state index in [1.54, 1.807) is 35.7 Å². The van der Waals surface area contributed by atoms with E-state index in [9.17, 15) is 22.8 Å². The summed E-state index contributed by atoms with van der Waals surface area (Å²) < 4.78 is 33.6. The fourth-order valence-corrected chi connectivity index (χ4v) is 6.74. The van der Waals surface area contributed by atoms with Gasteiger partial charge < -0.3 is 10.1 Å². The lowest BCUT2D eigenvalue weighted by Crippen LogP contribution is -2.49. The van der Waals surface area contributed by atoms with Crippen LogP contribution in [0.25, 0.3) is 0 Å². The fraction of sp³-hybridized carbons (Fsp3) is 0.409. The Labute approximate surface area is 202 Å². The van der Waals surface area contributed by atoms with E-state index in [1.807, 2.05) is 0 Å². The zero-order valence-corrected chi connectivity index (χ0v) is 20.3. The number of amides is 3. The van der Waals surface area contributed by atoms with E-state index in [0.717, 1.165) is 16.2 Å². The Bertz CT molecular complexity index is 1140. The number of ether oxygens (including phenoxy) is 1. The number of thiophene rings is 1. The first-order valence-electron chi connectivity index (χ1n) is 10.9. The van der Waals surface area contributed by atoms with Crippen molar-refractivity contribution >= 4 is 50.5 Å². The molecule has 12 heteroatoms. The quantitative estimate of drug-likeness (QED) is 0.538. The molecule has 3 heterocycles. The van der Waals surface area contributed by atoms with Gasteiger partial charge in [0, 0.05) is 38.8 Å². The van der Waals surface area contributed by atoms with Gasteiger partial charge >= 0.3 is 0 Å². The summed E-state index contributed by atoms with van der Waals surface area (Å²) in [6, 6.07) is 8.29. The maximum atomic E-state index is 13.5. The average molecular weight is 507 g/mol. The van der Waals surface area contributed by atoms with Gasteiger partial charge in [-0.15, -0.1) is 11.3 Å². The second-order valence-electron chi connectivity index (χ2n) is 8.02. The molecule has 10 nitrogen and oxygen atoms in total. The largest absolute Gasteiger partial charge is 0.379 e. The molecule has 4 rings (SSSR count). The third-order valence-corrected chi connectivity index (χ3v) is 9.00. The molecule has 2 aliphatic heterocycles. The Hall–Kier alpha value is -2.64. The molecule has 1 atom stereocenters. The molecular weight excluding hydrogens is 480 g/mol. The lowest BCUT2D eigenvalue weighted by molar-refractivity contribution is -0.122. The van der Waals surface area contributed by atoms with Gasteiger partial charge in [0.25, 0.3) is 15.9 Å². The highest BCUT2D eigenvalue weighted by atomic mass is 32.2. The van der Waals surface area contributed by atoms with E-state index in [1.165, 1.54) is 17.3 Å². The lowest BCUT2D eigenvalue weighted by atomic mass is 10.2. The van der Waals surface area contributed by atoms with Crippen LogP contribution in [0.5, 0.6) is 0 Å². The van der Waals surface area contributed by atoms with Crippen molar-refractivity contribution in [3.63, 3.8) is 0 Å². The number of benzene rings is 1. The van der Waals surface area contributed by atoms with Crippen LogP contribution < -0.4 is 10.2 Å². The topological polar surface area (TPSA) is 116 Å². The van der Waals surface area contributed by atoms with Crippen molar-refractivity contribution in [3.8, 4) is 0 Å². The zero-order chi connectivity index (χ0) is 24.3. The number of rotatable bonds is 8. The molecule has 2 saturated heterocycles. The van der Waals surface area contributed by atoms with Crippen LogP contribution in [0.1, 0.15) is 13.3 Å². The summed E-state index contributed by atoms with van der Waals surface area (Å²) in [7, 11) is -3.98. The Morgan fingerprint density at radius 1 is 1.18 bits per heavy atom. The molecule has 2 aromatic rings. The number of nitrogens with one attached hydrogen (secondary N) is 1. The predicted octanol–water partition coefficient (Wildman–Crippen LogP) is 1.36. The van der Waals surface area contributed by atoms with Crippen LogP contribution in [-0.2, 0) is 29.1 Å². The highest BCUT2D eigenvalue weighted by Crippen LogP contribution is 2.31. The minimum atomic E-state index is -3.98. The number of imide groups is 1. The number of sulfonamides is 1. The second kappa shape index (κ2) is 10.3. The number of hydrogen-bond donors (Lipinski definition) is 1. The van der Waals surface area contributed by atoms with Gasteiger partial charge in [-0.05, 0) is 35.7 Å². The lowest BCUT2D eigenvalue weighted by Gasteiger charge is -2.31. The van der Waals surface area contributed by atoms with E-state index in [-0.39, 0.29) is 23.1 Å². The molecule has 1 aromatic carbocycles. The third-order valence-electron chi connectivity index (χ3n) is 5.71. The van der Waals surface area contributed by atoms with Crippen LogP contribution in [0.2, 0.25) is 0 Å². The summed E-state index contributed by atoms with van der Waals surface area (Å²) in [6.07, 6.45) is -0.236. The molecule has 1 aromatic heterocycles. The van der Waals surface area contributed by atoms with Gasteiger partial charge in [0.15, 0.2) is 0 Å². The normalized spacial score (nSPS) is 19.7. The van der Waals surface area contributed by atoms with E-state index >= 15 is 0 Å². The summed E-state index contributed by atoms with van der Waals surface area (Å²) in [6.45, 7) is 4.39. The molecule has 2 fully saturated rings. The van der Waals surface area contributed by atoms with Gasteiger partial charge in [-0.3, -0.25) is 19.3 Å². The molecule has 34 heavy (non-hydrogen) atoms. The smallest absolute Gasteiger partial charge is 0.253 e. The summed E-state index contributed by atoms with van der Waals surface area (Å²) in [4.78, 5) is 40.6. The van der Waals surface area contributed by atoms with E-state index in [0.29, 0.717) is 44.2 Å². The van der Waals surface area contributed by atoms with Crippen LogP contribution in [0, 0.1) is 0 Å². The Balaban J connectivity index is 1.58. The summed E-state index contributed by atoms with van der Waals surface area (Å²) in [5.74, 6) is -1.30. The second-order valence-corrected chi connectivity index (χ2v) is 11.1. The van der Waals surface area contributed by atoms with Crippen LogP contribution in [-0.4, -0.2) is 80.8 Å². The number of morpholine rings is 1. The number of hydrogen-bond acceptors (Lipinski definition) is 8. The molecule has 3 amide bonds. The molecule has 0 saturated carbocycles. The summed E-state index contributed by atoms with van der Waals surface area (Å²) in [5, 5.41) is 4.29. The Morgan fingerprint density at radius 3 is 2.50 bits per heavy atom. The van der Waals surface area contributed by atoms with Crippen molar-refractivity contribution in [2.24, 2.45) is 0 Å². The van der Waals surface area contributed by atoms with Crippen molar-refractivity contribution in [2.45, 2.75) is 23.6 Å². The van der Waals surface area contributed by atoms with Gasteiger partial charge in [-0.25, -0.2) is 13.3 Å². The van der Waals surface area contributed by atoms with Gasteiger partial charge in [0.05, 0.1) is 25.3 Å². The number of carbonyl (C=O) groups is 3. The number of anilines is 2. The van der Waals surface area contributed by atoms with Crippen molar-refractivity contribution in [1.82, 2.24) is 9.21 Å². The minimum absolute atomic E-state index is 0.0826. The van der Waals surface area contributed by atoms with E-state index in [4.69, 9.17) is 4.74 Å². The fourth-order valence-electron chi connectivity index (χ4n) is 4.04. The van der Waals surface area contributed by atoms with Crippen LogP contribution in [0.15, 0.2) is 46.0 Å². The maximum absolute atomic E-state index is 13.5. The Kier molecular flexibility index (Phi) is 7.43. The minimum Gasteiger partial charge on any atom is -0.379 e. The van der Waals surface area contributed by atoms with E-state index < -0.39 is 27.9 Å². The van der Waals surface area contributed by atoms with Crippen molar-refractivity contribution < 1.29 is 27.5 Å². The first kappa shape index (κ1) is 24.5. The van der Waals surface area contributed by atoms with Gasteiger partial charge in [-0.2, -0.15) is 4.31 Å². The van der Waals surface area contributed by atoms with Gasteiger partial charge in [-0.1, -0.05) is 6.07 Å². The molecule has 0 radical (unpaired) electrons.